The predicted molar refractivity (Wildman–Crippen MR) is 179 cm³/mol. The van der Waals surface area contributed by atoms with Crippen LogP contribution < -0.4 is 15.4 Å². The van der Waals surface area contributed by atoms with E-state index in [1.165, 1.54) is 6.20 Å². The molecule has 5 aromatic rings. The molecule has 48 heavy (non-hydrogen) atoms. The largest absolute Gasteiger partial charge is 0.494 e. The van der Waals surface area contributed by atoms with E-state index >= 15 is 0 Å². The lowest BCUT2D eigenvalue weighted by Crippen LogP contribution is -2.42. The van der Waals surface area contributed by atoms with Gasteiger partial charge in [0, 0.05) is 25.5 Å². The van der Waals surface area contributed by atoms with Gasteiger partial charge >= 0.3 is 12.1 Å². The van der Waals surface area contributed by atoms with Gasteiger partial charge in [-0.05, 0) is 64.8 Å². The van der Waals surface area contributed by atoms with Gasteiger partial charge in [-0.2, -0.15) is 10.1 Å². The van der Waals surface area contributed by atoms with Crippen molar-refractivity contribution < 1.29 is 28.2 Å². The van der Waals surface area contributed by atoms with Crippen molar-refractivity contribution in [2.45, 2.75) is 52.2 Å². The molecule has 0 bridgehead atoms. The number of amides is 1. The highest BCUT2D eigenvalue weighted by molar-refractivity contribution is 5.96. The number of carbonyl (C=O) groups excluding carboxylic acids is 2. The van der Waals surface area contributed by atoms with Crippen molar-refractivity contribution in [1.29, 1.82) is 0 Å². The zero-order valence-corrected chi connectivity index (χ0v) is 27.5. The Kier molecular flexibility index (Phi) is 9.15. The second-order valence-corrected chi connectivity index (χ2v) is 12.2. The first-order valence-corrected chi connectivity index (χ1v) is 15.7. The molecule has 14 heteroatoms. The first-order chi connectivity index (χ1) is 23.1. The maximum Gasteiger partial charge on any atom is 0.410 e. The van der Waals surface area contributed by atoms with Crippen LogP contribution in [0.1, 0.15) is 56.9 Å². The molecule has 14 nitrogen and oxygen atoms in total. The van der Waals surface area contributed by atoms with Crippen LogP contribution in [0.2, 0.25) is 0 Å². The molecule has 2 N–H and O–H groups in total. The van der Waals surface area contributed by atoms with Crippen LogP contribution in [0, 0.1) is 0 Å². The number of benzene rings is 2. The monoisotopic (exact) mass is 654 g/mol. The third-order valence-electron chi connectivity index (χ3n) is 7.63. The minimum atomic E-state index is -0.578. The number of rotatable bonds is 9. The van der Waals surface area contributed by atoms with Crippen LogP contribution in [0.5, 0.6) is 5.75 Å². The number of oxazole rings is 1. The number of hydrogen-bond donors (Lipinski definition) is 2. The Labute approximate surface area is 277 Å². The van der Waals surface area contributed by atoms with Crippen LogP contribution in [0.25, 0.3) is 22.6 Å². The number of fused-ring (bicyclic) bond motifs is 1. The second kappa shape index (κ2) is 13.6. The summed E-state index contributed by atoms with van der Waals surface area (Å²) >= 11 is 0. The first-order valence-electron chi connectivity index (χ1n) is 15.7. The highest BCUT2D eigenvalue weighted by atomic mass is 16.6. The Bertz CT molecular complexity index is 1890. The molecule has 6 rings (SSSR count). The van der Waals surface area contributed by atoms with Crippen LogP contribution in [0.15, 0.2) is 65.5 Å². The molecule has 4 heterocycles. The number of esters is 1. The Morgan fingerprint density at radius 2 is 1.81 bits per heavy atom. The summed E-state index contributed by atoms with van der Waals surface area (Å²) in [6, 6.07) is 13.1. The standard InChI is InChI=1S/C34H38N8O6/c1-6-46-31(43)24-19-35-32(37-21-18-36-42(20-21)22-14-16-41(17-15-22)33(44)48-34(2,3)4)40-29(24)38-26-12-9-10-23(28(26)45-5)30-39-25-11-7-8-13-27(25)47-30/h7-13,18-20,22H,6,14-17H2,1-5H3,(H2,35,37,38,40). The minimum absolute atomic E-state index is 0.115. The van der Waals surface area contributed by atoms with Crippen LogP contribution in [0.3, 0.4) is 0 Å². The lowest BCUT2D eigenvalue weighted by atomic mass is 10.1. The number of hydrogen-bond acceptors (Lipinski definition) is 12. The van der Waals surface area contributed by atoms with Crippen molar-refractivity contribution in [3.63, 3.8) is 0 Å². The molecule has 0 unspecified atom stereocenters. The number of methoxy groups -OCH3 is 1. The summed E-state index contributed by atoms with van der Waals surface area (Å²) in [6.07, 6.45) is 6.14. The van der Waals surface area contributed by atoms with E-state index in [4.69, 9.17) is 18.6 Å². The molecular formula is C34H38N8O6. The molecule has 3 aromatic heterocycles. The summed E-state index contributed by atoms with van der Waals surface area (Å²) in [4.78, 5) is 40.7. The molecule has 1 amide bonds. The SMILES string of the molecule is CCOC(=O)c1cnc(Nc2cnn(C3CCN(C(=O)OC(C)(C)C)CC3)c2)nc1Nc1cccc(-c2nc3ccccc3o2)c1OC. The molecule has 0 saturated carbocycles. The fourth-order valence-electron chi connectivity index (χ4n) is 5.41. The average Bonchev–Trinajstić information content (AvgIpc) is 3.71. The maximum atomic E-state index is 12.9. The third kappa shape index (κ3) is 7.17. The van der Waals surface area contributed by atoms with Gasteiger partial charge in [0.1, 0.15) is 16.7 Å². The molecule has 250 valence electrons. The summed E-state index contributed by atoms with van der Waals surface area (Å²) in [5.41, 5.74) is 2.79. The molecule has 0 spiro atoms. The van der Waals surface area contributed by atoms with Gasteiger partial charge in [0.05, 0.1) is 42.9 Å². The van der Waals surface area contributed by atoms with Crippen molar-refractivity contribution >= 4 is 46.3 Å². The Morgan fingerprint density at radius 1 is 1.02 bits per heavy atom. The topological polar surface area (TPSA) is 159 Å². The van der Waals surface area contributed by atoms with Gasteiger partial charge in [-0.1, -0.05) is 18.2 Å². The zero-order chi connectivity index (χ0) is 33.8. The van der Waals surface area contributed by atoms with Crippen molar-refractivity contribution in [2.75, 3.05) is 37.4 Å². The average molecular weight is 655 g/mol. The number of aromatic nitrogens is 5. The van der Waals surface area contributed by atoms with Gasteiger partial charge in [-0.15, -0.1) is 0 Å². The first kappa shape index (κ1) is 32.3. The van der Waals surface area contributed by atoms with E-state index in [2.05, 4.69) is 30.7 Å². The van der Waals surface area contributed by atoms with E-state index in [1.807, 2.05) is 68.0 Å². The van der Waals surface area contributed by atoms with Crippen molar-refractivity contribution in [3.05, 3.63) is 66.6 Å². The second-order valence-electron chi connectivity index (χ2n) is 12.2. The number of nitrogens with one attached hydrogen (secondary N) is 2. The lowest BCUT2D eigenvalue weighted by Gasteiger charge is -2.33. The molecule has 0 aliphatic carbocycles. The van der Waals surface area contributed by atoms with Gasteiger partial charge < -0.3 is 34.2 Å². The summed E-state index contributed by atoms with van der Waals surface area (Å²) in [6.45, 7) is 8.65. The summed E-state index contributed by atoms with van der Waals surface area (Å²) in [5.74, 6) is 0.705. The highest BCUT2D eigenvalue weighted by Crippen LogP contribution is 2.39. The maximum absolute atomic E-state index is 12.9. The number of anilines is 4. The van der Waals surface area contributed by atoms with E-state index in [9.17, 15) is 9.59 Å². The normalized spacial score (nSPS) is 13.7. The van der Waals surface area contributed by atoms with Gasteiger partial charge in [-0.25, -0.2) is 19.6 Å². The van der Waals surface area contributed by atoms with E-state index in [1.54, 1.807) is 31.2 Å². The van der Waals surface area contributed by atoms with E-state index < -0.39 is 11.6 Å². The van der Waals surface area contributed by atoms with Crippen LogP contribution in [-0.2, 0) is 9.47 Å². The molecule has 1 fully saturated rings. The minimum Gasteiger partial charge on any atom is -0.494 e. The number of para-hydroxylation sites is 3. The van der Waals surface area contributed by atoms with Gasteiger partial charge in [-0.3, -0.25) is 4.68 Å². The number of nitrogens with zero attached hydrogens (tertiary/aromatic N) is 6. The molecule has 1 aliphatic rings. The van der Waals surface area contributed by atoms with Crippen molar-refractivity contribution in [1.82, 2.24) is 29.6 Å². The van der Waals surface area contributed by atoms with Gasteiger partial charge in [0.2, 0.25) is 11.8 Å². The quantitative estimate of drug-likeness (QED) is 0.162. The third-order valence-corrected chi connectivity index (χ3v) is 7.63. The summed E-state index contributed by atoms with van der Waals surface area (Å²) < 4.78 is 24.5. The fourth-order valence-corrected chi connectivity index (χ4v) is 5.41. The smallest absolute Gasteiger partial charge is 0.410 e. The van der Waals surface area contributed by atoms with Crippen LogP contribution in [0.4, 0.5) is 27.9 Å². The summed E-state index contributed by atoms with van der Waals surface area (Å²) in [5, 5.41) is 11.0. The van der Waals surface area contributed by atoms with Crippen molar-refractivity contribution in [2.24, 2.45) is 0 Å². The molecular weight excluding hydrogens is 616 g/mol. The fraction of sp³-hybridized carbons (Fsp3) is 0.353. The highest BCUT2D eigenvalue weighted by Gasteiger charge is 2.28. The van der Waals surface area contributed by atoms with Gasteiger partial charge in [0.15, 0.2) is 17.2 Å². The van der Waals surface area contributed by atoms with Crippen LogP contribution in [-0.4, -0.2) is 74.1 Å². The zero-order valence-electron chi connectivity index (χ0n) is 27.5. The number of carbonyl (C=O) groups is 2. The predicted octanol–water partition coefficient (Wildman–Crippen LogP) is 6.73. The number of likely N-dealkylation sites (tertiary alicyclic amines) is 1. The molecule has 0 radical (unpaired) electrons. The Balaban J connectivity index is 1.21. The van der Waals surface area contributed by atoms with Crippen LogP contribution >= 0.6 is 0 Å². The number of piperidine rings is 1. The Hall–Kier alpha value is -5.66. The Morgan fingerprint density at radius 3 is 2.54 bits per heavy atom. The van der Waals surface area contributed by atoms with Gasteiger partial charge in [0.25, 0.3) is 0 Å². The van der Waals surface area contributed by atoms with E-state index in [-0.39, 0.29) is 36.1 Å². The molecule has 1 saturated heterocycles. The van der Waals surface area contributed by atoms with E-state index in [0.29, 0.717) is 47.3 Å². The summed E-state index contributed by atoms with van der Waals surface area (Å²) in [7, 11) is 1.55. The lowest BCUT2D eigenvalue weighted by molar-refractivity contribution is 0.0184. The molecule has 2 aromatic carbocycles. The van der Waals surface area contributed by atoms with Crippen molar-refractivity contribution in [3.8, 4) is 17.2 Å². The van der Waals surface area contributed by atoms with E-state index in [0.717, 1.165) is 18.4 Å². The molecule has 1 aliphatic heterocycles. The number of ether oxygens (including phenoxy) is 3. The molecule has 0 atom stereocenters.